The lowest BCUT2D eigenvalue weighted by molar-refractivity contribution is 0.0650. The van der Waals surface area contributed by atoms with Gasteiger partial charge in [0.05, 0.1) is 24.8 Å². The van der Waals surface area contributed by atoms with Crippen molar-refractivity contribution in [2.24, 2.45) is 0 Å². The Morgan fingerprint density at radius 1 is 0.966 bits per heavy atom. The van der Waals surface area contributed by atoms with Crippen LogP contribution in [-0.2, 0) is 6.54 Å². The monoisotopic (exact) mass is 396 g/mol. The van der Waals surface area contributed by atoms with Crippen molar-refractivity contribution in [3.8, 4) is 11.5 Å². The van der Waals surface area contributed by atoms with Crippen molar-refractivity contribution in [2.75, 3.05) is 33.9 Å². The van der Waals surface area contributed by atoms with Gasteiger partial charge in [-0.25, -0.2) is 0 Å². The number of unbranched alkanes of at least 4 members (excludes halogenated alkanes) is 1. The van der Waals surface area contributed by atoms with Crippen LogP contribution in [0, 0.1) is 0 Å². The van der Waals surface area contributed by atoms with Crippen LogP contribution in [0.5, 0.6) is 11.5 Å². The number of carbonyl (C=O) groups excluding carboxylic acids is 2. The van der Waals surface area contributed by atoms with Crippen molar-refractivity contribution in [3.05, 3.63) is 59.2 Å². The van der Waals surface area contributed by atoms with Crippen molar-refractivity contribution in [1.82, 2.24) is 9.80 Å². The molecule has 6 nitrogen and oxygen atoms in total. The summed E-state index contributed by atoms with van der Waals surface area (Å²) < 4.78 is 11.0. The zero-order valence-electron chi connectivity index (χ0n) is 17.3. The van der Waals surface area contributed by atoms with Gasteiger partial charge >= 0.3 is 0 Å². The average molecular weight is 396 g/mol. The molecule has 0 saturated carbocycles. The van der Waals surface area contributed by atoms with Gasteiger partial charge in [-0.15, -0.1) is 0 Å². The molecular weight excluding hydrogens is 368 g/mol. The molecule has 3 rings (SSSR count). The summed E-state index contributed by atoms with van der Waals surface area (Å²) in [5, 5.41) is 0. The van der Waals surface area contributed by atoms with Crippen LogP contribution in [0.25, 0.3) is 0 Å². The van der Waals surface area contributed by atoms with Crippen molar-refractivity contribution >= 4 is 11.8 Å². The minimum Gasteiger partial charge on any atom is -0.493 e. The molecule has 0 fully saturated rings. The first-order chi connectivity index (χ1) is 14.0. The zero-order valence-corrected chi connectivity index (χ0v) is 17.3. The summed E-state index contributed by atoms with van der Waals surface area (Å²) in [6.45, 7) is 4.66. The van der Waals surface area contributed by atoms with E-state index < -0.39 is 0 Å². The fraction of sp³-hybridized carbons (Fsp3) is 0.391. The van der Waals surface area contributed by atoms with E-state index in [9.17, 15) is 9.59 Å². The van der Waals surface area contributed by atoms with E-state index in [-0.39, 0.29) is 11.8 Å². The number of nitrogens with zero attached hydrogens (tertiary/aromatic N) is 2. The lowest BCUT2D eigenvalue weighted by Gasteiger charge is -2.19. The largest absolute Gasteiger partial charge is 0.493 e. The fourth-order valence-electron chi connectivity index (χ4n) is 3.57. The number of methoxy groups -OCH3 is 1. The standard InChI is InChI=1S/C23H28N2O4/c1-4-29-20-12-11-17(15-21(20)28-3)16-24(2)13-7-8-14-25-22(26)18-9-5-6-10-19(18)23(25)27/h5-6,9-12,15H,4,7-8,13-14,16H2,1-3H3. The van der Waals surface area contributed by atoms with E-state index >= 15 is 0 Å². The molecule has 6 heteroatoms. The Morgan fingerprint density at radius 3 is 2.28 bits per heavy atom. The Labute approximate surface area is 172 Å². The van der Waals surface area contributed by atoms with Crippen molar-refractivity contribution in [2.45, 2.75) is 26.3 Å². The van der Waals surface area contributed by atoms with Crippen LogP contribution < -0.4 is 9.47 Å². The summed E-state index contributed by atoms with van der Waals surface area (Å²) in [6, 6.07) is 13.0. The molecule has 0 bridgehead atoms. The Balaban J connectivity index is 1.46. The van der Waals surface area contributed by atoms with Gasteiger partial charge in [0.1, 0.15) is 0 Å². The Kier molecular flexibility index (Phi) is 6.88. The lowest BCUT2D eigenvalue weighted by atomic mass is 10.1. The molecule has 1 heterocycles. The molecule has 0 N–H and O–H groups in total. The third-order valence-corrected chi connectivity index (χ3v) is 5.03. The minimum atomic E-state index is -0.180. The number of amides is 2. The highest BCUT2D eigenvalue weighted by Gasteiger charge is 2.34. The van der Waals surface area contributed by atoms with Gasteiger partial charge in [-0.2, -0.15) is 0 Å². The molecule has 2 aromatic carbocycles. The number of hydrogen-bond acceptors (Lipinski definition) is 5. The number of rotatable bonds is 10. The molecule has 29 heavy (non-hydrogen) atoms. The van der Waals surface area contributed by atoms with Crippen LogP contribution in [0.3, 0.4) is 0 Å². The van der Waals surface area contributed by atoms with Gasteiger partial charge in [-0.05, 0) is 63.2 Å². The number of benzene rings is 2. The highest BCUT2D eigenvalue weighted by molar-refractivity contribution is 6.21. The molecule has 1 aliphatic heterocycles. The molecule has 0 aromatic heterocycles. The van der Waals surface area contributed by atoms with E-state index in [1.807, 2.05) is 25.1 Å². The van der Waals surface area contributed by atoms with Crippen LogP contribution in [0.4, 0.5) is 0 Å². The summed E-state index contributed by atoms with van der Waals surface area (Å²) >= 11 is 0. The van der Waals surface area contributed by atoms with Gasteiger partial charge in [0, 0.05) is 13.1 Å². The first-order valence-corrected chi connectivity index (χ1v) is 9.98. The number of hydrogen-bond donors (Lipinski definition) is 0. The SMILES string of the molecule is CCOc1ccc(CN(C)CCCCN2C(=O)c3ccccc3C2=O)cc1OC. The van der Waals surface area contributed by atoms with Crippen molar-refractivity contribution in [3.63, 3.8) is 0 Å². The topological polar surface area (TPSA) is 59.1 Å². The third kappa shape index (κ3) is 4.77. The highest BCUT2D eigenvalue weighted by Crippen LogP contribution is 2.28. The van der Waals surface area contributed by atoms with Crippen LogP contribution >= 0.6 is 0 Å². The molecule has 0 saturated heterocycles. The Hall–Kier alpha value is -2.86. The molecule has 0 radical (unpaired) electrons. The maximum atomic E-state index is 12.4. The van der Waals surface area contributed by atoms with Gasteiger partial charge < -0.3 is 14.4 Å². The lowest BCUT2D eigenvalue weighted by Crippen LogP contribution is -2.31. The average Bonchev–Trinajstić information content (AvgIpc) is 2.97. The van der Waals surface area contributed by atoms with Gasteiger partial charge in [0.15, 0.2) is 11.5 Å². The quantitative estimate of drug-likeness (QED) is 0.454. The second kappa shape index (κ2) is 9.56. The minimum absolute atomic E-state index is 0.180. The van der Waals surface area contributed by atoms with Gasteiger partial charge in [-0.3, -0.25) is 14.5 Å². The van der Waals surface area contributed by atoms with Crippen LogP contribution in [0.1, 0.15) is 46.0 Å². The van der Waals surface area contributed by atoms with E-state index in [0.717, 1.165) is 43.0 Å². The van der Waals surface area contributed by atoms with E-state index in [2.05, 4.69) is 11.9 Å². The number of fused-ring (bicyclic) bond motifs is 1. The second-order valence-electron chi connectivity index (χ2n) is 7.17. The molecule has 0 aliphatic carbocycles. The third-order valence-electron chi connectivity index (χ3n) is 5.03. The zero-order chi connectivity index (χ0) is 20.8. The van der Waals surface area contributed by atoms with E-state index in [4.69, 9.17) is 9.47 Å². The van der Waals surface area contributed by atoms with Gasteiger partial charge in [-0.1, -0.05) is 18.2 Å². The first kappa shape index (κ1) is 20.9. The highest BCUT2D eigenvalue weighted by atomic mass is 16.5. The van der Waals surface area contributed by atoms with E-state index in [0.29, 0.717) is 24.3 Å². The molecule has 154 valence electrons. The van der Waals surface area contributed by atoms with Gasteiger partial charge in [0.2, 0.25) is 0 Å². The molecule has 0 atom stereocenters. The fourth-order valence-corrected chi connectivity index (χ4v) is 3.57. The molecule has 0 spiro atoms. The van der Waals surface area contributed by atoms with Gasteiger partial charge in [0.25, 0.3) is 11.8 Å². The van der Waals surface area contributed by atoms with Crippen LogP contribution in [-0.4, -0.2) is 55.5 Å². The summed E-state index contributed by atoms with van der Waals surface area (Å²) in [5.74, 6) is 1.13. The van der Waals surface area contributed by atoms with Crippen molar-refractivity contribution in [1.29, 1.82) is 0 Å². The number of carbonyl (C=O) groups is 2. The molecule has 2 aromatic rings. The summed E-state index contributed by atoms with van der Waals surface area (Å²) in [7, 11) is 3.70. The van der Waals surface area contributed by atoms with E-state index in [1.165, 1.54) is 4.90 Å². The van der Waals surface area contributed by atoms with Crippen LogP contribution in [0.2, 0.25) is 0 Å². The van der Waals surface area contributed by atoms with Crippen molar-refractivity contribution < 1.29 is 19.1 Å². The number of ether oxygens (including phenoxy) is 2. The molecule has 2 amide bonds. The second-order valence-corrected chi connectivity index (χ2v) is 7.17. The summed E-state index contributed by atoms with van der Waals surface area (Å²) in [4.78, 5) is 28.3. The predicted molar refractivity (Wildman–Crippen MR) is 112 cm³/mol. The Morgan fingerprint density at radius 2 is 1.66 bits per heavy atom. The smallest absolute Gasteiger partial charge is 0.261 e. The summed E-state index contributed by atoms with van der Waals surface area (Å²) in [5.41, 5.74) is 2.17. The normalized spacial score (nSPS) is 13.2. The Bertz CT molecular complexity index is 846. The molecular formula is C23H28N2O4. The van der Waals surface area contributed by atoms with E-state index in [1.54, 1.807) is 31.4 Å². The first-order valence-electron chi connectivity index (χ1n) is 9.98. The molecule has 1 aliphatic rings. The van der Waals surface area contributed by atoms with Crippen LogP contribution in [0.15, 0.2) is 42.5 Å². The maximum Gasteiger partial charge on any atom is 0.261 e. The summed E-state index contributed by atoms with van der Waals surface area (Å²) in [6.07, 6.45) is 1.68. The molecule has 0 unspecified atom stereocenters. The maximum absolute atomic E-state index is 12.4. The predicted octanol–water partition coefficient (Wildman–Crippen LogP) is 3.60. The number of imide groups is 1.